The van der Waals surface area contributed by atoms with Crippen molar-refractivity contribution in [1.29, 1.82) is 0 Å². The van der Waals surface area contributed by atoms with Gasteiger partial charge in [-0.2, -0.15) is 0 Å². The van der Waals surface area contributed by atoms with E-state index in [0.717, 1.165) is 6.42 Å². The Kier molecular flexibility index (Phi) is 6.40. The molecule has 0 bridgehead atoms. The van der Waals surface area contributed by atoms with Crippen molar-refractivity contribution in [3.63, 3.8) is 0 Å². The monoisotopic (exact) mass is 263 g/mol. The number of hydrogen-bond acceptors (Lipinski definition) is 2. The van der Waals surface area contributed by atoms with Crippen LogP contribution in [0.5, 0.6) is 5.75 Å². The molecule has 1 amide bonds. The normalized spacial score (nSPS) is 11.1. The molecule has 0 radical (unpaired) electrons. The molecule has 0 saturated carbocycles. The molecular weight excluding hydrogens is 238 g/mol. The third-order valence-electron chi connectivity index (χ3n) is 3.12. The van der Waals surface area contributed by atoms with Gasteiger partial charge < -0.3 is 10.1 Å². The Morgan fingerprint density at radius 2 is 1.89 bits per heavy atom. The Bertz CT molecular complexity index is 374. The summed E-state index contributed by atoms with van der Waals surface area (Å²) in [6.07, 6.45) is 4.41. The molecule has 1 aromatic carbocycles. The molecule has 0 heterocycles. The van der Waals surface area contributed by atoms with E-state index in [0.29, 0.717) is 12.3 Å². The highest BCUT2D eigenvalue weighted by Gasteiger charge is 2.18. The van der Waals surface area contributed by atoms with Gasteiger partial charge in [-0.3, -0.25) is 0 Å². The van der Waals surface area contributed by atoms with Crippen LogP contribution in [0.4, 0.5) is 4.79 Å². The van der Waals surface area contributed by atoms with Crippen LogP contribution in [0.2, 0.25) is 0 Å². The van der Waals surface area contributed by atoms with Gasteiger partial charge in [-0.1, -0.05) is 58.2 Å². The molecule has 3 heteroatoms. The van der Waals surface area contributed by atoms with Crippen LogP contribution in [0.3, 0.4) is 0 Å². The van der Waals surface area contributed by atoms with E-state index in [4.69, 9.17) is 4.74 Å². The Morgan fingerprint density at radius 1 is 1.21 bits per heavy atom. The lowest BCUT2D eigenvalue weighted by Crippen LogP contribution is -2.35. The van der Waals surface area contributed by atoms with Gasteiger partial charge in [0.15, 0.2) is 0 Å². The van der Waals surface area contributed by atoms with Crippen LogP contribution in [-0.4, -0.2) is 12.6 Å². The van der Waals surface area contributed by atoms with Gasteiger partial charge in [-0.25, -0.2) is 4.79 Å². The second kappa shape index (κ2) is 7.82. The van der Waals surface area contributed by atoms with Gasteiger partial charge in [-0.15, -0.1) is 0 Å². The first kappa shape index (κ1) is 15.5. The van der Waals surface area contributed by atoms with Crippen LogP contribution in [-0.2, 0) is 0 Å². The van der Waals surface area contributed by atoms with Crippen molar-refractivity contribution in [3.05, 3.63) is 30.3 Å². The van der Waals surface area contributed by atoms with Crippen molar-refractivity contribution in [2.24, 2.45) is 5.41 Å². The van der Waals surface area contributed by atoms with Gasteiger partial charge in [0.05, 0.1) is 0 Å². The first-order chi connectivity index (χ1) is 9.03. The number of rotatable bonds is 7. The number of benzene rings is 1. The molecule has 0 atom stereocenters. The summed E-state index contributed by atoms with van der Waals surface area (Å²) >= 11 is 0. The van der Waals surface area contributed by atoms with E-state index in [1.165, 1.54) is 19.3 Å². The predicted octanol–water partition coefficient (Wildman–Crippen LogP) is 4.38. The summed E-state index contributed by atoms with van der Waals surface area (Å²) in [5.74, 6) is 0.573. The summed E-state index contributed by atoms with van der Waals surface area (Å²) in [5, 5.41) is 2.84. The molecule has 19 heavy (non-hydrogen) atoms. The summed E-state index contributed by atoms with van der Waals surface area (Å²) < 4.78 is 5.19. The summed E-state index contributed by atoms with van der Waals surface area (Å²) in [7, 11) is 0. The summed E-state index contributed by atoms with van der Waals surface area (Å²) in [6, 6.07) is 9.12. The highest BCUT2D eigenvalue weighted by molar-refractivity contribution is 5.70. The fraction of sp³-hybridized carbons (Fsp3) is 0.562. The Labute approximate surface area is 116 Å². The molecule has 1 aromatic rings. The molecule has 1 rings (SSSR count). The van der Waals surface area contributed by atoms with Gasteiger partial charge in [0.25, 0.3) is 0 Å². The third kappa shape index (κ3) is 6.85. The van der Waals surface area contributed by atoms with Gasteiger partial charge in [0, 0.05) is 6.54 Å². The number of unbranched alkanes of at least 4 members (excludes halogenated alkanes) is 2. The van der Waals surface area contributed by atoms with Gasteiger partial charge in [-0.05, 0) is 24.0 Å². The topological polar surface area (TPSA) is 38.3 Å². The third-order valence-corrected chi connectivity index (χ3v) is 3.12. The zero-order valence-electron chi connectivity index (χ0n) is 12.2. The molecule has 0 aromatic heterocycles. The van der Waals surface area contributed by atoms with E-state index in [2.05, 4.69) is 26.1 Å². The second-order valence-electron chi connectivity index (χ2n) is 5.68. The molecule has 0 aliphatic heterocycles. The molecule has 0 aliphatic rings. The summed E-state index contributed by atoms with van der Waals surface area (Å²) in [5.41, 5.74) is 0.116. The molecule has 106 valence electrons. The number of amides is 1. The molecule has 3 nitrogen and oxygen atoms in total. The molecule has 0 spiro atoms. The average Bonchev–Trinajstić information content (AvgIpc) is 2.38. The minimum absolute atomic E-state index is 0.116. The van der Waals surface area contributed by atoms with Crippen molar-refractivity contribution >= 4 is 6.09 Å². The number of ether oxygens (including phenoxy) is 1. The van der Waals surface area contributed by atoms with Gasteiger partial charge in [0.1, 0.15) is 5.75 Å². The molecule has 0 unspecified atom stereocenters. The lowest BCUT2D eigenvalue weighted by molar-refractivity contribution is 0.192. The van der Waals surface area contributed by atoms with Gasteiger partial charge in [0.2, 0.25) is 0 Å². The quantitative estimate of drug-likeness (QED) is 0.741. The van der Waals surface area contributed by atoms with Crippen molar-refractivity contribution in [3.8, 4) is 5.75 Å². The zero-order valence-corrected chi connectivity index (χ0v) is 12.2. The van der Waals surface area contributed by atoms with E-state index in [9.17, 15) is 4.79 Å². The lowest BCUT2D eigenvalue weighted by Gasteiger charge is -2.24. The number of carbonyl (C=O) groups is 1. The zero-order chi connectivity index (χ0) is 14.1. The minimum atomic E-state index is -0.380. The maximum Gasteiger partial charge on any atom is 0.412 e. The molecule has 0 saturated heterocycles. The minimum Gasteiger partial charge on any atom is -0.410 e. The summed E-state index contributed by atoms with van der Waals surface area (Å²) in [6.45, 7) is 7.18. The number of carbonyl (C=O) groups excluding carboxylic acids is 1. The first-order valence-electron chi connectivity index (χ1n) is 7.04. The first-order valence-corrected chi connectivity index (χ1v) is 7.04. The standard InChI is InChI=1S/C16H25NO2/c1-4-5-9-12-16(2,3)13-17-15(18)19-14-10-7-6-8-11-14/h6-8,10-11H,4-5,9,12-13H2,1-3H3,(H,17,18). The van der Waals surface area contributed by atoms with Crippen LogP contribution in [0, 0.1) is 5.41 Å². The highest BCUT2D eigenvalue weighted by atomic mass is 16.6. The van der Waals surface area contributed by atoms with E-state index in [-0.39, 0.29) is 11.5 Å². The smallest absolute Gasteiger partial charge is 0.410 e. The van der Waals surface area contributed by atoms with Crippen LogP contribution < -0.4 is 10.1 Å². The lowest BCUT2D eigenvalue weighted by atomic mass is 9.87. The fourth-order valence-electron chi connectivity index (χ4n) is 1.89. The van der Waals surface area contributed by atoms with Crippen LogP contribution >= 0.6 is 0 Å². The fourth-order valence-corrected chi connectivity index (χ4v) is 1.89. The van der Waals surface area contributed by atoms with E-state index < -0.39 is 0 Å². The molecule has 0 aliphatic carbocycles. The van der Waals surface area contributed by atoms with E-state index in [1.807, 2.05) is 18.2 Å². The van der Waals surface area contributed by atoms with Crippen molar-refractivity contribution < 1.29 is 9.53 Å². The highest BCUT2D eigenvalue weighted by Crippen LogP contribution is 2.22. The van der Waals surface area contributed by atoms with Gasteiger partial charge >= 0.3 is 6.09 Å². The van der Waals surface area contributed by atoms with E-state index >= 15 is 0 Å². The largest absolute Gasteiger partial charge is 0.412 e. The number of nitrogens with one attached hydrogen (secondary N) is 1. The summed E-state index contributed by atoms with van der Waals surface area (Å²) in [4.78, 5) is 11.7. The maximum absolute atomic E-state index is 11.7. The Balaban J connectivity index is 2.29. The molecule has 0 fully saturated rings. The average molecular weight is 263 g/mol. The number of para-hydroxylation sites is 1. The van der Waals surface area contributed by atoms with E-state index in [1.54, 1.807) is 12.1 Å². The van der Waals surface area contributed by atoms with Crippen LogP contribution in [0.1, 0.15) is 46.5 Å². The van der Waals surface area contributed by atoms with Crippen LogP contribution in [0.15, 0.2) is 30.3 Å². The van der Waals surface area contributed by atoms with Crippen molar-refractivity contribution in [1.82, 2.24) is 5.32 Å². The van der Waals surface area contributed by atoms with Crippen LogP contribution in [0.25, 0.3) is 0 Å². The number of hydrogen-bond donors (Lipinski definition) is 1. The second-order valence-corrected chi connectivity index (χ2v) is 5.68. The maximum atomic E-state index is 11.7. The van der Waals surface area contributed by atoms with Crippen molar-refractivity contribution in [2.45, 2.75) is 46.5 Å². The Hall–Kier alpha value is -1.51. The predicted molar refractivity (Wildman–Crippen MR) is 78.4 cm³/mol. The Morgan fingerprint density at radius 3 is 2.53 bits per heavy atom. The molecule has 1 N–H and O–H groups in total. The van der Waals surface area contributed by atoms with Crippen molar-refractivity contribution in [2.75, 3.05) is 6.54 Å². The molecular formula is C16H25NO2. The SMILES string of the molecule is CCCCCC(C)(C)CNC(=O)Oc1ccccc1.